The van der Waals surface area contributed by atoms with Gasteiger partial charge in [-0.25, -0.2) is 15.0 Å². The average Bonchev–Trinajstić information content (AvgIpc) is 2.96. The molecule has 2 aromatic rings. The highest BCUT2D eigenvalue weighted by Crippen LogP contribution is 2.42. The van der Waals surface area contributed by atoms with E-state index < -0.39 is 0 Å². The molecule has 7 nitrogen and oxygen atoms in total. The Labute approximate surface area is 178 Å². The first-order valence-electron chi connectivity index (χ1n) is 9.11. The van der Waals surface area contributed by atoms with Crippen molar-refractivity contribution in [1.82, 2.24) is 15.0 Å². The Bertz CT molecular complexity index is 860. The van der Waals surface area contributed by atoms with Crippen molar-refractivity contribution in [3.63, 3.8) is 0 Å². The molecule has 2 fully saturated rings. The van der Waals surface area contributed by atoms with Gasteiger partial charge in [0, 0.05) is 29.4 Å². The minimum absolute atomic E-state index is 0.0937. The van der Waals surface area contributed by atoms with Crippen molar-refractivity contribution in [2.75, 3.05) is 30.3 Å². The van der Waals surface area contributed by atoms with E-state index in [4.69, 9.17) is 39.4 Å². The zero-order valence-electron chi connectivity index (χ0n) is 15.4. The summed E-state index contributed by atoms with van der Waals surface area (Å²) >= 11 is 13.5. The van der Waals surface area contributed by atoms with Gasteiger partial charge >= 0.3 is 0 Å². The molecule has 0 aromatic carbocycles. The number of piperidine rings is 1. The summed E-state index contributed by atoms with van der Waals surface area (Å²) in [5, 5.41) is 1.25. The first-order valence-corrected chi connectivity index (χ1v) is 10.7. The summed E-state index contributed by atoms with van der Waals surface area (Å²) in [5.74, 6) is 1.17. The molecule has 2 aromatic heterocycles. The molecule has 0 bridgehead atoms. The van der Waals surface area contributed by atoms with Gasteiger partial charge in [-0.1, -0.05) is 35.0 Å². The molecule has 0 radical (unpaired) electrons. The van der Waals surface area contributed by atoms with Crippen LogP contribution in [0.1, 0.15) is 19.8 Å². The number of nitrogen functional groups attached to an aromatic ring is 1. The van der Waals surface area contributed by atoms with Crippen molar-refractivity contribution in [3.8, 4) is 0 Å². The fourth-order valence-corrected chi connectivity index (χ4v) is 5.13. The van der Waals surface area contributed by atoms with Gasteiger partial charge in [-0.3, -0.25) is 0 Å². The van der Waals surface area contributed by atoms with Crippen LogP contribution in [0.25, 0.3) is 0 Å². The van der Waals surface area contributed by atoms with Crippen LogP contribution in [-0.2, 0) is 4.74 Å². The molecule has 10 heteroatoms. The highest BCUT2D eigenvalue weighted by atomic mass is 35.5. The highest BCUT2D eigenvalue weighted by Gasteiger charge is 2.47. The van der Waals surface area contributed by atoms with E-state index in [9.17, 15) is 0 Å². The first kappa shape index (κ1) is 20.0. The Kier molecular flexibility index (Phi) is 5.59. The predicted octanol–water partition coefficient (Wildman–Crippen LogP) is 3.24. The van der Waals surface area contributed by atoms with Gasteiger partial charge in [0.05, 0.1) is 30.1 Å². The second-order valence-corrected chi connectivity index (χ2v) is 9.15. The fraction of sp³-hybridized carbons (Fsp3) is 0.500. The molecule has 0 amide bonds. The highest BCUT2D eigenvalue weighted by molar-refractivity contribution is 7.99. The van der Waals surface area contributed by atoms with Crippen molar-refractivity contribution in [3.05, 3.63) is 28.6 Å². The molecule has 0 aliphatic carbocycles. The average molecular weight is 441 g/mol. The molecule has 2 aliphatic rings. The lowest BCUT2D eigenvalue weighted by molar-refractivity contribution is 0.0974. The molecule has 4 heterocycles. The summed E-state index contributed by atoms with van der Waals surface area (Å²) < 4.78 is 5.79. The number of hydrogen-bond donors (Lipinski definition) is 2. The quantitative estimate of drug-likeness (QED) is 0.700. The molecular weight excluding hydrogens is 419 g/mol. The molecular formula is C18H22Cl2N6OS. The molecule has 4 N–H and O–H groups in total. The van der Waals surface area contributed by atoms with Gasteiger partial charge in [0.25, 0.3) is 0 Å². The molecule has 4 rings (SSSR count). The van der Waals surface area contributed by atoms with E-state index in [0.29, 0.717) is 20.8 Å². The number of aromatic nitrogens is 3. The number of hydrogen-bond acceptors (Lipinski definition) is 8. The van der Waals surface area contributed by atoms with Gasteiger partial charge < -0.3 is 21.1 Å². The van der Waals surface area contributed by atoms with Crippen molar-refractivity contribution in [2.45, 2.75) is 41.8 Å². The summed E-state index contributed by atoms with van der Waals surface area (Å²) in [6, 6.07) is 1.77. The number of nitrogens with two attached hydrogens (primary N) is 2. The lowest BCUT2D eigenvalue weighted by Gasteiger charge is -2.41. The van der Waals surface area contributed by atoms with Crippen LogP contribution in [0, 0.1) is 5.41 Å². The summed E-state index contributed by atoms with van der Waals surface area (Å²) in [6.07, 6.45) is 5.65. The minimum Gasteiger partial charge on any atom is -0.384 e. The normalized spacial score (nSPS) is 24.1. The monoisotopic (exact) mass is 440 g/mol. The Hall–Kier alpha value is -1.32. The van der Waals surface area contributed by atoms with E-state index in [1.807, 2.05) is 0 Å². The van der Waals surface area contributed by atoms with Crippen LogP contribution in [0.5, 0.6) is 0 Å². The van der Waals surface area contributed by atoms with E-state index in [0.717, 1.165) is 38.4 Å². The number of pyridine rings is 1. The Morgan fingerprint density at radius 3 is 2.61 bits per heavy atom. The third-order valence-corrected chi connectivity index (χ3v) is 7.49. The van der Waals surface area contributed by atoms with Gasteiger partial charge in [-0.15, -0.1) is 0 Å². The maximum Gasteiger partial charge on any atom is 0.151 e. The van der Waals surface area contributed by atoms with Crippen molar-refractivity contribution in [2.24, 2.45) is 11.1 Å². The zero-order valence-corrected chi connectivity index (χ0v) is 17.8. The third kappa shape index (κ3) is 3.76. The maximum absolute atomic E-state index is 6.39. The number of ether oxygens (including phenoxy) is 1. The molecule has 2 saturated heterocycles. The van der Waals surface area contributed by atoms with Gasteiger partial charge in [-0.2, -0.15) is 0 Å². The summed E-state index contributed by atoms with van der Waals surface area (Å²) in [4.78, 5) is 16.0. The second-order valence-electron chi connectivity index (χ2n) is 7.36. The molecule has 28 heavy (non-hydrogen) atoms. The summed E-state index contributed by atoms with van der Waals surface area (Å²) in [7, 11) is 0. The lowest BCUT2D eigenvalue weighted by Crippen LogP contribution is -2.50. The van der Waals surface area contributed by atoms with Crippen LogP contribution in [0.2, 0.25) is 10.2 Å². The van der Waals surface area contributed by atoms with E-state index in [-0.39, 0.29) is 22.7 Å². The predicted molar refractivity (Wildman–Crippen MR) is 112 cm³/mol. The Morgan fingerprint density at radius 1 is 1.25 bits per heavy atom. The fourth-order valence-electron chi connectivity index (χ4n) is 3.86. The molecule has 0 unspecified atom stereocenters. The molecule has 1 spiro atoms. The second kappa shape index (κ2) is 7.84. The number of halogens is 2. The standard InChI is InChI=1S/C18H22Cl2N6OS/c1-10-16(22)18(9-27-10)2-4-26(5-3-18)13-7-24-14(8-23-13)28-11-6-12(21)25-17(20)15(11)19/h6-8,10,16H,2-5,9,22H2,1H3,(H2,21,25)/t10-,16+/m0/s1. The van der Waals surface area contributed by atoms with Gasteiger partial charge in [0.1, 0.15) is 16.7 Å². The van der Waals surface area contributed by atoms with E-state index in [2.05, 4.69) is 26.8 Å². The van der Waals surface area contributed by atoms with Crippen LogP contribution in [0.15, 0.2) is 28.4 Å². The van der Waals surface area contributed by atoms with Crippen molar-refractivity contribution >= 4 is 46.6 Å². The topological polar surface area (TPSA) is 103 Å². The van der Waals surface area contributed by atoms with Gasteiger partial charge in [-0.05, 0) is 25.8 Å². The van der Waals surface area contributed by atoms with Crippen molar-refractivity contribution in [1.29, 1.82) is 0 Å². The summed E-state index contributed by atoms with van der Waals surface area (Å²) in [5.41, 5.74) is 12.2. The van der Waals surface area contributed by atoms with E-state index >= 15 is 0 Å². The number of anilines is 2. The number of rotatable bonds is 3. The van der Waals surface area contributed by atoms with Gasteiger partial charge in [0.15, 0.2) is 5.15 Å². The molecule has 2 atom stereocenters. The van der Waals surface area contributed by atoms with Crippen LogP contribution >= 0.6 is 35.0 Å². The van der Waals surface area contributed by atoms with E-state index in [1.54, 1.807) is 18.5 Å². The van der Waals surface area contributed by atoms with Gasteiger partial charge in [0.2, 0.25) is 0 Å². The van der Waals surface area contributed by atoms with Crippen molar-refractivity contribution < 1.29 is 4.74 Å². The SMILES string of the molecule is C[C@@H]1OCC2(CCN(c3cnc(Sc4cc(N)nc(Cl)c4Cl)cn3)CC2)[C@@H]1N. The van der Waals surface area contributed by atoms with Crippen LogP contribution in [-0.4, -0.2) is 46.8 Å². The zero-order chi connectivity index (χ0) is 19.9. The smallest absolute Gasteiger partial charge is 0.151 e. The molecule has 0 saturated carbocycles. The molecule has 2 aliphatic heterocycles. The van der Waals surface area contributed by atoms with Crippen LogP contribution in [0.4, 0.5) is 11.6 Å². The first-order chi connectivity index (χ1) is 13.4. The van der Waals surface area contributed by atoms with E-state index in [1.165, 1.54) is 11.8 Å². The Balaban J connectivity index is 1.42. The summed E-state index contributed by atoms with van der Waals surface area (Å²) in [6.45, 7) is 4.60. The largest absolute Gasteiger partial charge is 0.384 e. The lowest BCUT2D eigenvalue weighted by atomic mass is 9.73. The number of nitrogens with zero attached hydrogens (tertiary/aromatic N) is 4. The molecule has 150 valence electrons. The Morgan fingerprint density at radius 2 is 2.00 bits per heavy atom. The van der Waals surface area contributed by atoms with Crippen LogP contribution in [0.3, 0.4) is 0 Å². The van der Waals surface area contributed by atoms with Crippen LogP contribution < -0.4 is 16.4 Å². The third-order valence-electron chi connectivity index (χ3n) is 5.66. The minimum atomic E-state index is 0.0937. The maximum atomic E-state index is 6.39.